The van der Waals surface area contributed by atoms with Gasteiger partial charge in [-0.3, -0.25) is 9.36 Å². The Balaban J connectivity index is 3.72. The molecular weight excluding hydrogens is 433 g/mol. The molecule has 0 aliphatic heterocycles. The van der Waals surface area contributed by atoms with Crippen LogP contribution in [0.25, 0.3) is 0 Å². The second kappa shape index (κ2) is 21.6. The molecule has 0 aromatic heterocycles. The van der Waals surface area contributed by atoms with Crippen molar-refractivity contribution in [2.45, 2.75) is 77.2 Å². The molecule has 0 aliphatic rings. The molecule has 0 amide bonds. The van der Waals surface area contributed by atoms with Crippen molar-refractivity contribution in [2.75, 3.05) is 26.4 Å². The van der Waals surface area contributed by atoms with Gasteiger partial charge in [0.15, 0.2) is 0 Å². The highest BCUT2D eigenvalue weighted by Gasteiger charge is 2.17. The van der Waals surface area contributed by atoms with Gasteiger partial charge in [0.25, 0.3) is 7.82 Å². The van der Waals surface area contributed by atoms with E-state index in [-0.39, 0.29) is 19.6 Å². The van der Waals surface area contributed by atoms with Crippen LogP contribution < -0.4 is 10.6 Å². The molecule has 0 heterocycles. The number of phosphoric acid groups is 1. The minimum Gasteiger partial charge on any atom is -0.756 e. The molecule has 3 N–H and O–H groups in total. The number of unbranched alkanes of at least 4 members (excludes halogenated alkanes) is 5. The third kappa shape index (κ3) is 20.6. The summed E-state index contributed by atoms with van der Waals surface area (Å²) in [7, 11) is -4.52. The quantitative estimate of drug-likeness (QED) is 0.111. The van der Waals surface area contributed by atoms with E-state index in [0.29, 0.717) is 6.42 Å². The lowest BCUT2D eigenvalue weighted by Gasteiger charge is -2.24. The molecule has 0 aromatic carbocycles. The summed E-state index contributed by atoms with van der Waals surface area (Å²) in [5.74, 6) is -0.488. The first-order valence-corrected chi connectivity index (χ1v) is 13.0. The summed E-state index contributed by atoms with van der Waals surface area (Å²) < 4.78 is 25.5. The Morgan fingerprint density at radius 3 is 2.28 bits per heavy atom. The average molecular weight is 475 g/mol. The van der Waals surface area contributed by atoms with Gasteiger partial charge in [0.05, 0.1) is 19.8 Å². The third-order valence-corrected chi connectivity index (χ3v) is 5.28. The summed E-state index contributed by atoms with van der Waals surface area (Å²) in [6.45, 7) is 0.924. The summed E-state index contributed by atoms with van der Waals surface area (Å²) in [5, 5.41) is 9.23. The van der Waals surface area contributed by atoms with Gasteiger partial charge in [-0.1, -0.05) is 62.6 Å². The van der Waals surface area contributed by atoms with Crippen LogP contribution >= 0.6 is 7.82 Å². The molecular formula is C23H41NO7P-. The number of rotatable bonds is 21. The predicted molar refractivity (Wildman–Crippen MR) is 125 cm³/mol. The van der Waals surface area contributed by atoms with E-state index in [1.807, 2.05) is 0 Å². The lowest BCUT2D eigenvalue weighted by Crippen LogP contribution is -2.28. The van der Waals surface area contributed by atoms with Crippen molar-refractivity contribution in [3.63, 3.8) is 0 Å². The smallest absolute Gasteiger partial charge is 0.306 e. The van der Waals surface area contributed by atoms with E-state index in [4.69, 9.17) is 10.5 Å². The van der Waals surface area contributed by atoms with Gasteiger partial charge >= 0.3 is 5.97 Å². The van der Waals surface area contributed by atoms with E-state index in [2.05, 4.69) is 52.4 Å². The maximum Gasteiger partial charge on any atom is 0.306 e. The molecule has 0 bridgehead atoms. The largest absolute Gasteiger partial charge is 0.756 e. The second-order valence-electron chi connectivity index (χ2n) is 7.26. The molecule has 0 fully saturated rings. The van der Waals surface area contributed by atoms with E-state index in [9.17, 15) is 19.4 Å². The first-order valence-electron chi connectivity index (χ1n) is 11.5. The number of aliphatic hydroxyl groups is 1. The molecule has 32 heavy (non-hydrogen) atoms. The Bertz CT molecular complexity index is 593. The first kappa shape index (κ1) is 30.7. The maximum atomic E-state index is 11.8. The van der Waals surface area contributed by atoms with E-state index in [0.717, 1.165) is 51.4 Å². The Hall–Kier alpha value is -1.28. The number of aliphatic hydroxyl groups excluding tert-OH is 1. The maximum absolute atomic E-state index is 11.8. The van der Waals surface area contributed by atoms with Crippen molar-refractivity contribution < 1.29 is 33.1 Å². The van der Waals surface area contributed by atoms with Crippen molar-refractivity contribution in [1.82, 2.24) is 0 Å². The van der Waals surface area contributed by atoms with Crippen molar-refractivity contribution >= 4 is 13.8 Å². The van der Waals surface area contributed by atoms with E-state index in [1.54, 1.807) is 0 Å². The predicted octanol–water partition coefficient (Wildman–Crippen LogP) is 3.94. The fourth-order valence-corrected chi connectivity index (χ4v) is 3.39. The summed E-state index contributed by atoms with van der Waals surface area (Å²) in [6.07, 6.45) is 21.2. The van der Waals surface area contributed by atoms with Crippen LogP contribution in [0.1, 0.15) is 71.1 Å². The molecule has 0 saturated carbocycles. The zero-order valence-electron chi connectivity index (χ0n) is 19.4. The summed E-state index contributed by atoms with van der Waals surface area (Å²) in [5.41, 5.74) is 5.16. The molecule has 0 saturated heterocycles. The minimum absolute atomic E-state index is 0.0275. The van der Waals surface area contributed by atoms with Crippen LogP contribution in [0.2, 0.25) is 0 Å². The zero-order valence-corrected chi connectivity index (χ0v) is 20.3. The van der Waals surface area contributed by atoms with Crippen LogP contribution in [0.15, 0.2) is 36.5 Å². The van der Waals surface area contributed by atoms with Crippen molar-refractivity contribution in [3.8, 4) is 0 Å². The van der Waals surface area contributed by atoms with Crippen LogP contribution in [0.3, 0.4) is 0 Å². The Morgan fingerprint density at radius 1 is 1.00 bits per heavy atom. The Morgan fingerprint density at radius 2 is 1.62 bits per heavy atom. The van der Waals surface area contributed by atoms with Crippen LogP contribution in [0.5, 0.6) is 0 Å². The van der Waals surface area contributed by atoms with Gasteiger partial charge in [-0.05, 0) is 38.5 Å². The van der Waals surface area contributed by atoms with Gasteiger partial charge in [-0.2, -0.15) is 0 Å². The number of hydrogen-bond acceptors (Lipinski definition) is 8. The highest BCUT2D eigenvalue weighted by Crippen LogP contribution is 2.38. The lowest BCUT2D eigenvalue weighted by molar-refractivity contribution is -0.228. The molecule has 0 radical (unpaired) electrons. The lowest BCUT2D eigenvalue weighted by atomic mass is 10.1. The number of carbonyl (C=O) groups excluding carboxylic acids is 1. The summed E-state index contributed by atoms with van der Waals surface area (Å²) >= 11 is 0. The fraction of sp³-hybridized carbons (Fsp3) is 0.696. The van der Waals surface area contributed by atoms with Gasteiger partial charge in [0.1, 0.15) is 6.10 Å². The van der Waals surface area contributed by atoms with Crippen molar-refractivity contribution in [1.29, 1.82) is 0 Å². The van der Waals surface area contributed by atoms with Gasteiger partial charge in [0.2, 0.25) is 0 Å². The number of carbonyl (C=O) groups is 1. The SMILES string of the molecule is CC/C=C\C/C=C\C/C=C\CCCCCCCC(=O)O[C@H](CO)COP(=O)([O-])OCCN. The van der Waals surface area contributed by atoms with Crippen molar-refractivity contribution in [2.24, 2.45) is 5.73 Å². The van der Waals surface area contributed by atoms with Crippen molar-refractivity contribution in [3.05, 3.63) is 36.5 Å². The zero-order chi connectivity index (χ0) is 23.9. The normalized spacial score (nSPS) is 15.0. The van der Waals surface area contributed by atoms with Crippen LogP contribution in [0, 0.1) is 0 Å². The van der Waals surface area contributed by atoms with Crippen LogP contribution in [0.4, 0.5) is 0 Å². The molecule has 9 heteroatoms. The molecule has 1 unspecified atom stereocenters. The van der Waals surface area contributed by atoms with E-state index in [1.165, 1.54) is 0 Å². The van der Waals surface area contributed by atoms with Gasteiger partial charge in [-0.25, -0.2) is 0 Å². The molecule has 0 rings (SSSR count). The Kier molecular flexibility index (Phi) is 20.7. The van der Waals surface area contributed by atoms with Gasteiger partial charge < -0.3 is 29.5 Å². The van der Waals surface area contributed by atoms with Crippen LogP contribution in [-0.2, 0) is 23.1 Å². The minimum atomic E-state index is -4.52. The molecule has 0 spiro atoms. The molecule has 186 valence electrons. The second-order valence-corrected chi connectivity index (χ2v) is 8.67. The summed E-state index contributed by atoms with van der Waals surface area (Å²) in [4.78, 5) is 23.3. The number of esters is 1. The number of hydrogen-bond donors (Lipinski definition) is 2. The number of ether oxygens (including phenoxy) is 1. The third-order valence-electron chi connectivity index (χ3n) is 4.32. The Labute approximate surface area is 193 Å². The summed E-state index contributed by atoms with van der Waals surface area (Å²) in [6, 6.07) is 0. The topological polar surface area (TPSA) is 131 Å². The van der Waals surface area contributed by atoms with Crippen LogP contribution in [-0.4, -0.2) is 43.5 Å². The number of nitrogens with two attached hydrogens (primary N) is 1. The number of phosphoric ester groups is 1. The number of allylic oxidation sites excluding steroid dienone is 6. The standard InChI is InChI=1S/C23H42NO7P/c1-2-3-4-5-6-7-8-9-10-11-12-13-14-15-16-17-23(26)31-22(20-25)21-30-32(27,28)29-19-18-24/h3-4,6-7,9-10,22,25H,2,5,8,11-21,24H2,1H3,(H,27,28)/p-1/b4-3-,7-6-,10-9-/t22-/m1/s1. The van der Waals surface area contributed by atoms with Gasteiger partial charge in [-0.15, -0.1) is 0 Å². The highest BCUT2D eigenvalue weighted by atomic mass is 31.2. The van der Waals surface area contributed by atoms with E-state index >= 15 is 0 Å². The monoisotopic (exact) mass is 474 g/mol. The average Bonchev–Trinajstić information content (AvgIpc) is 2.77. The highest BCUT2D eigenvalue weighted by molar-refractivity contribution is 7.45. The first-order chi connectivity index (χ1) is 15.4. The fourth-order valence-electron chi connectivity index (χ4n) is 2.63. The molecule has 2 atom stereocenters. The van der Waals surface area contributed by atoms with E-state index < -0.39 is 33.1 Å². The molecule has 8 nitrogen and oxygen atoms in total. The molecule has 0 aliphatic carbocycles. The van der Waals surface area contributed by atoms with Gasteiger partial charge in [0, 0.05) is 13.0 Å². The molecule has 0 aromatic rings.